The first-order valence-corrected chi connectivity index (χ1v) is 23.2. The zero-order valence-electron chi connectivity index (χ0n) is 37.5. The van der Waals surface area contributed by atoms with Gasteiger partial charge in [0.25, 0.3) is 0 Å². The van der Waals surface area contributed by atoms with Gasteiger partial charge in [-0.15, -0.1) is 0 Å². The summed E-state index contributed by atoms with van der Waals surface area (Å²) < 4.78 is 0. The highest BCUT2D eigenvalue weighted by molar-refractivity contribution is 5.94. The monoisotopic (exact) mass is 843 g/mol. The first kappa shape index (κ1) is 39.6. The summed E-state index contributed by atoms with van der Waals surface area (Å²) in [4.78, 5) is 2.48. The van der Waals surface area contributed by atoms with Gasteiger partial charge < -0.3 is 4.90 Å². The van der Waals surface area contributed by atoms with Gasteiger partial charge in [0.05, 0.1) is 5.69 Å². The molecule has 0 saturated carbocycles. The van der Waals surface area contributed by atoms with Crippen molar-refractivity contribution >= 4 is 17.1 Å². The molecule has 0 radical (unpaired) electrons. The number of fused-ring (bicyclic) bond motifs is 6. The van der Waals surface area contributed by atoms with Crippen molar-refractivity contribution in [1.82, 2.24) is 0 Å². The van der Waals surface area contributed by atoms with Gasteiger partial charge in [-0.3, -0.25) is 0 Å². The lowest BCUT2D eigenvalue weighted by atomic mass is 9.74. The molecule has 314 valence electrons. The molecule has 0 heterocycles. The first-order chi connectivity index (χ1) is 32.4. The van der Waals surface area contributed by atoms with Gasteiger partial charge in [0.1, 0.15) is 0 Å². The van der Waals surface area contributed by atoms with E-state index in [-0.39, 0.29) is 10.8 Å². The summed E-state index contributed by atoms with van der Waals surface area (Å²) in [5.41, 5.74) is 24.5. The second-order valence-corrected chi connectivity index (χ2v) is 18.6. The summed E-state index contributed by atoms with van der Waals surface area (Å²) in [5.74, 6) is 0. The van der Waals surface area contributed by atoms with E-state index in [2.05, 4.69) is 268 Å². The van der Waals surface area contributed by atoms with E-state index in [0.717, 1.165) is 28.2 Å². The minimum absolute atomic E-state index is 0.115. The molecule has 0 aliphatic heterocycles. The standard InChI is InChI=1S/C65H49N/c1-64(2)59-33-15-12-30-56(59)58-32-19-31-54(63(58)64)45-36-38-49(39-37-45)66(50-40-41-57-55-29-13-16-34-60(55)65(3,61(57)43-50)48-24-8-5-9-25-48)62-35-17-14-28-53(62)47-23-18-22-46(42-47)52-27-11-10-26-51(52)44-20-6-4-7-21-44/h4-43H,1-3H3. The van der Waals surface area contributed by atoms with Crippen LogP contribution in [0.4, 0.5) is 17.1 Å². The van der Waals surface area contributed by atoms with Crippen LogP contribution in [0.3, 0.4) is 0 Å². The number of anilines is 3. The van der Waals surface area contributed by atoms with Crippen LogP contribution in [0.1, 0.15) is 48.6 Å². The highest BCUT2D eigenvalue weighted by Crippen LogP contribution is 2.55. The molecule has 1 nitrogen and oxygen atoms in total. The third-order valence-corrected chi connectivity index (χ3v) is 14.6. The lowest BCUT2D eigenvalue weighted by Gasteiger charge is -2.32. The van der Waals surface area contributed by atoms with E-state index >= 15 is 0 Å². The Morgan fingerprint density at radius 3 is 1.48 bits per heavy atom. The normalized spacial score (nSPS) is 15.1. The number of rotatable bonds is 8. The molecule has 1 unspecified atom stereocenters. The summed E-state index contributed by atoms with van der Waals surface area (Å²) in [7, 11) is 0. The topological polar surface area (TPSA) is 3.24 Å². The van der Waals surface area contributed by atoms with Crippen LogP contribution in [-0.2, 0) is 10.8 Å². The van der Waals surface area contributed by atoms with E-state index in [1.54, 1.807) is 0 Å². The molecule has 2 aliphatic rings. The molecule has 1 heteroatoms. The molecule has 0 saturated heterocycles. The van der Waals surface area contributed by atoms with E-state index in [9.17, 15) is 0 Å². The summed E-state index contributed by atoms with van der Waals surface area (Å²) in [6.07, 6.45) is 0. The fraction of sp³-hybridized carbons (Fsp3) is 0.0769. The predicted molar refractivity (Wildman–Crippen MR) is 278 cm³/mol. The largest absolute Gasteiger partial charge is 0.310 e. The average Bonchev–Trinajstić information content (AvgIpc) is 3.78. The lowest BCUT2D eigenvalue weighted by molar-refractivity contribution is 0.662. The van der Waals surface area contributed by atoms with E-state index in [4.69, 9.17) is 0 Å². The average molecular weight is 844 g/mol. The SMILES string of the molecule is CC1(C)c2ccccc2-c2cccc(-c3ccc(N(c4ccc5c(c4)C(C)(c4ccccc4)c4ccccc4-5)c4ccccc4-c4cccc(-c5ccccc5-c5ccccc5)c4)cc3)c21. The van der Waals surface area contributed by atoms with Crippen LogP contribution < -0.4 is 4.90 Å². The first-order valence-electron chi connectivity index (χ1n) is 23.2. The number of nitrogens with zero attached hydrogens (tertiary/aromatic N) is 1. The van der Waals surface area contributed by atoms with Crippen molar-refractivity contribution in [3.05, 3.63) is 270 Å². The maximum absolute atomic E-state index is 2.48. The van der Waals surface area contributed by atoms with Crippen LogP contribution in [0.5, 0.6) is 0 Å². The molecule has 10 aromatic carbocycles. The van der Waals surface area contributed by atoms with Gasteiger partial charge in [0, 0.05) is 27.8 Å². The lowest BCUT2D eigenvalue weighted by Crippen LogP contribution is -2.22. The number of benzene rings is 10. The Balaban J connectivity index is 1.03. The van der Waals surface area contributed by atoms with Crippen molar-refractivity contribution in [1.29, 1.82) is 0 Å². The Hall–Kier alpha value is -8.00. The highest BCUT2D eigenvalue weighted by atomic mass is 15.1. The Morgan fingerprint density at radius 1 is 0.288 bits per heavy atom. The zero-order valence-corrected chi connectivity index (χ0v) is 37.5. The minimum atomic E-state index is -0.337. The van der Waals surface area contributed by atoms with Crippen LogP contribution in [0.25, 0.3) is 66.8 Å². The number of hydrogen-bond acceptors (Lipinski definition) is 1. The van der Waals surface area contributed by atoms with E-state index in [1.807, 2.05) is 0 Å². The molecule has 2 aliphatic carbocycles. The van der Waals surface area contributed by atoms with E-state index in [0.29, 0.717) is 0 Å². The third kappa shape index (κ3) is 6.22. The molecule has 66 heavy (non-hydrogen) atoms. The number of hydrogen-bond donors (Lipinski definition) is 0. The Bertz CT molecular complexity index is 3450. The minimum Gasteiger partial charge on any atom is -0.310 e. The van der Waals surface area contributed by atoms with Crippen molar-refractivity contribution in [3.8, 4) is 66.8 Å². The van der Waals surface area contributed by atoms with Crippen molar-refractivity contribution in [3.63, 3.8) is 0 Å². The predicted octanol–water partition coefficient (Wildman–Crippen LogP) is 17.5. The molecule has 0 bridgehead atoms. The van der Waals surface area contributed by atoms with Crippen LogP contribution >= 0.6 is 0 Å². The maximum Gasteiger partial charge on any atom is 0.0540 e. The Morgan fingerprint density at radius 2 is 0.758 bits per heavy atom. The molecule has 1 atom stereocenters. The molecule has 0 N–H and O–H groups in total. The van der Waals surface area contributed by atoms with Crippen molar-refractivity contribution in [2.75, 3.05) is 4.90 Å². The highest BCUT2D eigenvalue weighted by Gasteiger charge is 2.41. The van der Waals surface area contributed by atoms with Crippen molar-refractivity contribution in [2.24, 2.45) is 0 Å². The van der Waals surface area contributed by atoms with Gasteiger partial charge in [0.15, 0.2) is 0 Å². The summed E-state index contributed by atoms with van der Waals surface area (Å²) in [5, 5.41) is 0. The Labute approximate surface area is 389 Å². The fourth-order valence-electron chi connectivity index (χ4n) is 11.4. The van der Waals surface area contributed by atoms with Crippen LogP contribution in [-0.4, -0.2) is 0 Å². The quantitative estimate of drug-likeness (QED) is 0.147. The summed E-state index contributed by atoms with van der Waals surface area (Å²) in [6.45, 7) is 7.15. The van der Waals surface area contributed by atoms with Gasteiger partial charge in [-0.05, 0) is 132 Å². The Kier molecular flexibility index (Phi) is 9.36. The van der Waals surface area contributed by atoms with Crippen LogP contribution in [0.2, 0.25) is 0 Å². The molecule has 0 amide bonds. The van der Waals surface area contributed by atoms with Gasteiger partial charge >= 0.3 is 0 Å². The van der Waals surface area contributed by atoms with E-state index in [1.165, 1.54) is 83.5 Å². The molecular formula is C65H49N. The third-order valence-electron chi connectivity index (χ3n) is 14.6. The van der Waals surface area contributed by atoms with Gasteiger partial charge in [-0.25, -0.2) is 0 Å². The second-order valence-electron chi connectivity index (χ2n) is 18.6. The molecule has 0 fully saturated rings. The molecule has 0 aromatic heterocycles. The molecule has 0 spiro atoms. The van der Waals surface area contributed by atoms with Gasteiger partial charge in [0.2, 0.25) is 0 Å². The van der Waals surface area contributed by atoms with Crippen LogP contribution in [0, 0.1) is 0 Å². The van der Waals surface area contributed by atoms with E-state index < -0.39 is 0 Å². The molecule has 12 rings (SSSR count). The van der Waals surface area contributed by atoms with Gasteiger partial charge in [-0.2, -0.15) is 0 Å². The summed E-state index contributed by atoms with van der Waals surface area (Å²) in [6, 6.07) is 89.7. The maximum atomic E-state index is 2.48. The van der Waals surface area contributed by atoms with Gasteiger partial charge in [-0.1, -0.05) is 220 Å². The zero-order chi connectivity index (χ0) is 44.4. The number of para-hydroxylation sites is 1. The molecular weight excluding hydrogens is 795 g/mol. The molecule has 10 aromatic rings. The second kappa shape index (κ2) is 15.6. The van der Waals surface area contributed by atoms with Crippen molar-refractivity contribution in [2.45, 2.75) is 31.6 Å². The van der Waals surface area contributed by atoms with Crippen molar-refractivity contribution < 1.29 is 0 Å². The van der Waals surface area contributed by atoms with Crippen LogP contribution in [0.15, 0.2) is 243 Å². The summed E-state index contributed by atoms with van der Waals surface area (Å²) >= 11 is 0. The fourth-order valence-corrected chi connectivity index (χ4v) is 11.4. The smallest absolute Gasteiger partial charge is 0.0540 e.